The molecule has 1 amide bonds. The predicted molar refractivity (Wildman–Crippen MR) is 182 cm³/mol. The number of methoxy groups -OCH3 is 1. The molecule has 4 aliphatic rings. The summed E-state index contributed by atoms with van der Waals surface area (Å²) in [4.78, 5) is 34.6. The van der Waals surface area contributed by atoms with Crippen molar-refractivity contribution in [2.75, 3.05) is 86.8 Å². The molecule has 0 unspecified atom stereocenters. The van der Waals surface area contributed by atoms with Gasteiger partial charge in [-0.3, -0.25) is 19.4 Å². The highest BCUT2D eigenvalue weighted by molar-refractivity contribution is 6.02. The van der Waals surface area contributed by atoms with Crippen LogP contribution in [0, 0.1) is 11.6 Å². The highest BCUT2D eigenvalue weighted by Crippen LogP contribution is 2.41. The molecule has 0 aliphatic carbocycles. The molecule has 5 heterocycles. The van der Waals surface area contributed by atoms with Crippen molar-refractivity contribution < 1.29 is 27.9 Å². The van der Waals surface area contributed by atoms with Crippen LogP contribution >= 0.6 is 0 Å². The van der Waals surface area contributed by atoms with Crippen LogP contribution in [0.25, 0.3) is 0 Å². The van der Waals surface area contributed by atoms with Gasteiger partial charge in [-0.15, -0.1) is 0 Å². The van der Waals surface area contributed by atoms with Gasteiger partial charge < -0.3 is 25.0 Å². The third-order valence-electron chi connectivity index (χ3n) is 9.94. The van der Waals surface area contributed by atoms with Crippen molar-refractivity contribution in [3.8, 4) is 5.75 Å². The standard InChI is InChI=1S/C35H42F2N8O4/c1-3-35(46)41-28-17-29(40-33-19-34(39-22-38-33)45-30(8-15-49-45)26-5-4-23(36)16-27(26)37)32(47-2)18-31(28)44-9-6-24(7-10-44)42-11-13-43(14-12-42)25-20-48-21-25/h3-5,16-19,22,24-25,30H,1,6-15,20-21H2,2H3,(H,41,46)(H,38,39,40)/t30-/m1/s1. The number of amides is 1. The van der Waals surface area contributed by atoms with Crippen LogP contribution in [0.3, 0.4) is 0 Å². The maximum atomic E-state index is 14.7. The molecule has 12 nitrogen and oxygen atoms in total. The lowest BCUT2D eigenvalue weighted by molar-refractivity contribution is -0.111. The Morgan fingerprint density at radius 2 is 1.71 bits per heavy atom. The van der Waals surface area contributed by atoms with Gasteiger partial charge in [-0.25, -0.2) is 23.8 Å². The molecule has 1 atom stereocenters. The van der Waals surface area contributed by atoms with E-state index in [1.54, 1.807) is 13.2 Å². The Bertz CT molecular complexity index is 1660. The number of aromatic nitrogens is 2. The number of piperazine rings is 1. The van der Waals surface area contributed by atoms with E-state index >= 15 is 0 Å². The molecule has 7 rings (SSSR count). The number of nitrogens with one attached hydrogen (secondary N) is 2. The van der Waals surface area contributed by atoms with Crippen LogP contribution in [0.15, 0.2) is 55.4 Å². The van der Waals surface area contributed by atoms with Crippen LogP contribution in [-0.2, 0) is 14.4 Å². The molecule has 2 aromatic carbocycles. The second-order valence-electron chi connectivity index (χ2n) is 12.8. The molecule has 49 heavy (non-hydrogen) atoms. The van der Waals surface area contributed by atoms with Crippen molar-refractivity contribution in [2.45, 2.75) is 37.4 Å². The number of rotatable bonds is 10. The van der Waals surface area contributed by atoms with Gasteiger partial charge in [-0.05, 0) is 31.1 Å². The molecule has 0 saturated carbocycles. The van der Waals surface area contributed by atoms with E-state index in [2.05, 4.69) is 41.9 Å². The first-order valence-electron chi connectivity index (χ1n) is 16.8. The SMILES string of the molecule is C=CC(=O)Nc1cc(Nc2cc(N3OCC[C@@H]3c3ccc(F)cc3F)ncn2)c(OC)cc1N1CCC(N2CCN(C3COC3)CC2)CC1. The average molecular weight is 677 g/mol. The summed E-state index contributed by atoms with van der Waals surface area (Å²) in [6, 6.07) is 9.59. The second-order valence-corrected chi connectivity index (χ2v) is 12.8. The Morgan fingerprint density at radius 3 is 2.39 bits per heavy atom. The number of hydroxylamine groups is 1. The van der Waals surface area contributed by atoms with Crippen molar-refractivity contribution in [3.63, 3.8) is 0 Å². The van der Waals surface area contributed by atoms with E-state index in [0.29, 0.717) is 59.4 Å². The van der Waals surface area contributed by atoms with E-state index in [-0.39, 0.29) is 5.91 Å². The Hall–Kier alpha value is -4.37. The maximum Gasteiger partial charge on any atom is 0.247 e. The number of anilines is 5. The molecule has 1 aromatic heterocycles. The molecule has 0 bridgehead atoms. The maximum absolute atomic E-state index is 14.7. The number of hydrogen-bond donors (Lipinski definition) is 2. The first-order valence-corrected chi connectivity index (χ1v) is 16.8. The molecule has 4 fully saturated rings. The smallest absolute Gasteiger partial charge is 0.247 e. The zero-order valence-electron chi connectivity index (χ0n) is 27.6. The fraction of sp³-hybridized carbons (Fsp3) is 0.457. The molecule has 3 aromatic rings. The molecule has 260 valence electrons. The highest BCUT2D eigenvalue weighted by Gasteiger charge is 2.34. The summed E-state index contributed by atoms with van der Waals surface area (Å²) in [6.45, 7) is 11.7. The summed E-state index contributed by atoms with van der Waals surface area (Å²) in [5, 5.41) is 7.80. The van der Waals surface area contributed by atoms with Crippen molar-refractivity contribution >= 4 is 34.6 Å². The number of hydrogen-bond acceptors (Lipinski definition) is 11. The van der Waals surface area contributed by atoms with E-state index in [0.717, 1.165) is 77.1 Å². The normalized spacial score (nSPS) is 21.0. The van der Waals surface area contributed by atoms with Gasteiger partial charge in [0.2, 0.25) is 5.91 Å². The lowest BCUT2D eigenvalue weighted by Gasteiger charge is -2.46. The molecule has 0 radical (unpaired) electrons. The fourth-order valence-electron chi connectivity index (χ4n) is 7.18. The molecular formula is C35H42F2N8O4. The number of halogens is 2. The van der Waals surface area contributed by atoms with Crippen LogP contribution in [0.5, 0.6) is 5.75 Å². The van der Waals surface area contributed by atoms with Crippen LogP contribution in [0.4, 0.5) is 37.5 Å². The van der Waals surface area contributed by atoms with Crippen molar-refractivity contribution in [1.29, 1.82) is 0 Å². The summed E-state index contributed by atoms with van der Waals surface area (Å²) in [6.07, 6.45) is 5.17. The van der Waals surface area contributed by atoms with Gasteiger partial charge in [0.1, 0.15) is 29.5 Å². The summed E-state index contributed by atoms with van der Waals surface area (Å²) in [7, 11) is 1.60. The third kappa shape index (κ3) is 7.18. The highest BCUT2D eigenvalue weighted by atomic mass is 19.1. The number of ether oxygens (including phenoxy) is 2. The van der Waals surface area contributed by atoms with E-state index < -0.39 is 17.7 Å². The van der Waals surface area contributed by atoms with Crippen LogP contribution in [0.1, 0.15) is 30.9 Å². The van der Waals surface area contributed by atoms with E-state index in [4.69, 9.17) is 14.3 Å². The molecule has 0 spiro atoms. The molecule has 4 saturated heterocycles. The molecule has 4 aliphatic heterocycles. The van der Waals surface area contributed by atoms with Gasteiger partial charge in [0.25, 0.3) is 0 Å². The number of nitrogens with zero attached hydrogens (tertiary/aromatic N) is 6. The molecular weight excluding hydrogens is 634 g/mol. The van der Waals surface area contributed by atoms with Crippen molar-refractivity contribution in [2.24, 2.45) is 0 Å². The average Bonchev–Trinajstić information content (AvgIpc) is 3.58. The van der Waals surface area contributed by atoms with E-state index in [1.165, 1.54) is 29.6 Å². The zero-order chi connectivity index (χ0) is 33.9. The Balaban J connectivity index is 1.07. The molecule has 2 N–H and O–H groups in total. The van der Waals surface area contributed by atoms with Crippen molar-refractivity contribution in [1.82, 2.24) is 19.8 Å². The Labute approximate surface area is 284 Å². The summed E-state index contributed by atoms with van der Waals surface area (Å²) in [5.74, 6) is -0.213. The quantitative estimate of drug-likeness (QED) is 0.297. The van der Waals surface area contributed by atoms with Gasteiger partial charge >= 0.3 is 0 Å². The van der Waals surface area contributed by atoms with Gasteiger partial charge in [0, 0.05) is 75.5 Å². The minimum Gasteiger partial charge on any atom is -0.494 e. The van der Waals surface area contributed by atoms with Crippen molar-refractivity contribution in [3.05, 3.63) is 72.6 Å². The fourth-order valence-corrected chi connectivity index (χ4v) is 7.18. The number of carbonyl (C=O) groups is 1. The van der Waals surface area contributed by atoms with Crippen LogP contribution < -0.4 is 25.3 Å². The molecule has 14 heteroatoms. The largest absolute Gasteiger partial charge is 0.494 e. The van der Waals surface area contributed by atoms with Crippen LogP contribution in [0.2, 0.25) is 0 Å². The Morgan fingerprint density at radius 1 is 0.959 bits per heavy atom. The number of piperidine rings is 1. The first-order chi connectivity index (χ1) is 23.9. The third-order valence-corrected chi connectivity index (χ3v) is 9.94. The van der Waals surface area contributed by atoms with Gasteiger partial charge in [0.15, 0.2) is 5.82 Å². The summed E-state index contributed by atoms with van der Waals surface area (Å²) >= 11 is 0. The van der Waals surface area contributed by atoms with E-state index in [9.17, 15) is 13.6 Å². The summed E-state index contributed by atoms with van der Waals surface area (Å²) in [5.41, 5.74) is 2.37. The summed E-state index contributed by atoms with van der Waals surface area (Å²) < 4.78 is 39.5. The lowest BCUT2D eigenvalue weighted by Crippen LogP contribution is -2.59. The van der Waals surface area contributed by atoms with E-state index in [1.807, 2.05) is 12.1 Å². The first kappa shape index (κ1) is 33.1. The number of benzene rings is 2. The van der Waals surface area contributed by atoms with Crippen LogP contribution in [-0.4, -0.2) is 104 Å². The van der Waals surface area contributed by atoms with Gasteiger partial charge in [-0.2, -0.15) is 0 Å². The monoisotopic (exact) mass is 676 g/mol. The Kier molecular flexibility index (Phi) is 9.89. The predicted octanol–water partition coefficient (Wildman–Crippen LogP) is 4.50. The topological polar surface area (TPSA) is 108 Å². The van der Waals surface area contributed by atoms with Gasteiger partial charge in [0.05, 0.1) is 56.1 Å². The van der Waals surface area contributed by atoms with Gasteiger partial charge in [-0.1, -0.05) is 12.6 Å². The lowest BCUT2D eigenvalue weighted by atomic mass is 10.0. The zero-order valence-corrected chi connectivity index (χ0v) is 27.6. The minimum atomic E-state index is -0.644. The minimum absolute atomic E-state index is 0.318. The second kappa shape index (κ2) is 14.6. The number of carbonyl (C=O) groups excluding carboxylic acids is 1.